The topological polar surface area (TPSA) is 58.0 Å². The highest BCUT2D eigenvalue weighted by atomic mass is 35.5. The summed E-state index contributed by atoms with van der Waals surface area (Å²) in [5.41, 5.74) is 2.47. The summed E-state index contributed by atoms with van der Waals surface area (Å²) in [5.74, 6) is 1.99. The van der Waals surface area contributed by atoms with E-state index in [1.165, 1.54) is 36.8 Å². The molecule has 98 valence electrons. The minimum Gasteiger partial charge on any atom is -0.392 e. The van der Waals surface area contributed by atoms with Gasteiger partial charge in [0.25, 0.3) is 0 Å². The SMILES string of the molecule is C[C@@H](O)CNc1nnc(Cl)c(C2CC2)c1C1CC1. The highest BCUT2D eigenvalue weighted by Crippen LogP contribution is 2.52. The summed E-state index contributed by atoms with van der Waals surface area (Å²) in [7, 11) is 0. The summed E-state index contributed by atoms with van der Waals surface area (Å²) >= 11 is 6.22. The molecule has 18 heavy (non-hydrogen) atoms. The molecule has 2 aliphatic rings. The van der Waals surface area contributed by atoms with E-state index in [0.29, 0.717) is 23.5 Å². The van der Waals surface area contributed by atoms with Gasteiger partial charge < -0.3 is 10.4 Å². The number of hydrogen-bond donors (Lipinski definition) is 2. The molecule has 0 spiro atoms. The van der Waals surface area contributed by atoms with Crippen LogP contribution in [-0.4, -0.2) is 28.0 Å². The number of aliphatic hydroxyl groups excluding tert-OH is 1. The number of anilines is 1. The molecule has 0 aliphatic heterocycles. The summed E-state index contributed by atoms with van der Waals surface area (Å²) in [5, 5.41) is 21.4. The van der Waals surface area contributed by atoms with Crippen LogP contribution in [0.1, 0.15) is 55.6 Å². The lowest BCUT2D eigenvalue weighted by atomic mass is 10.0. The average molecular weight is 268 g/mol. The van der Waals surface area contributed by atoms with E-state index in [1.54, 1.807) is 6.92 Å². The monoisotopic (exact) mass is 267 g/mol. The summed E-state index contributed by atoms with van der Waals surface area (Å²) in [6.07, 6.45) is 4.46. The second-order valence-corrected chi connectivity index (χ2v) is 5.80. The van der Waals surface area contributed by atoms with E-state index in [4.69, 9.17) is 11.6 Å². The maximum Gasteiger partial charge on any atom is 0.155 e. The van der Waals surface area contributed by atoms with Crippen LogP contribution >= 0.6 is 11.6 Å². The van der Waals surface area contributed by atoms with Gasteiger partial charge in [-0.25, -0.2) is 0 Å². The largest absolute Gasteiger partial charge is 0.392 e. The third kappa shape index (κ3) is 2.45. The number of aliphatic hydroxyl groups is 1. The van der Waals surface area contributed by atoms with Gasteiger partial charge in [-0.3, -0.25) is 0 Å². The van der Waals surface area contributed by atoms with Gasteiger partial charge in [-0.1, -0.05) is 11.6 Å². The molecule has 1 atom stereocenters. The van der Waals surface area contributed by atoms with E-state index in [9.17, 15) is 5.11 Å². The molecule has 4 nitrogen and oxygen atoms in total. The molecule has 2 saturated carbocycles. The number of rotatable bonds is 5. The summed E-state index contributed by atoms with van der Waals surface area (Å²) in [4.78, 5) is 0. The van der Waals surface area contributed by atoms with Crippen LogP contribution in [0.25, 0.3) is 0 Å². The Hall–Kier alpha value is -0.870. The number of nitrogens with one attached hydrogen (secondary N) is 1. The Morgan fingerprint density at radius 3 is 2.39 bits per heavy atom. The zero-order valence-electron chi connectivity index (χ0n) is 10.5. The van der Waals surface area contributed by atoms with E-state index in [-0.39, 0.29) is 6.10 Å². The van der Waals surface area contributed by atoms with Crippen molar-refractivity contribution in [1.82, 2.24) is 10.2 Å². The van der Waals surface area contributed by atoms with Crippen LogP contribution < -0.4 is 5.32 Å². The van der Waals surface area contributed by atoms with Crippen molar-refractivity contribution in [3.05, 3.63) is 16.3 Å². The smallest absolute Gasteiger partial charge is 0.155 e. The highest BCUT2D eigenvalue weighted by Gasteiger charge is 2.37. The number of hydrogen-bond acceptors (Lipinski definition) is 4. The summed E-state index contributed by atoms with van der Waals surface area (Å²) in [6.45, 7) is 2.26. The minimum atomic E-state index is -0.390. The van der Waals surface area contributed by atoms with Crippen LogP contribution in [0.5, 0.6) is 0 Å². The summed E-state index contributed by atoms with van der Waals surface area (Å²) < 4.78 is 0. The Balaban J connectivity index is 1.94. The van der Waals surface area contributed by atoms with Crippen molar-refractivity contribution in [2.75, 3.05) is 11.9 Å². The standard InChI is InChI=1S/C13H18ClN3O/c1-7(18)6-15-13-11(9-4-5-9)10(8-2-3-8)12(14)16-17-13/h7-9,18H,2-6H2,1H3,(H,15,17)/t7-/m1/s1. The van der Waals surface area contributed by atoms with Crippen molar-refractivity contribution >= 4 is 17.4 Å². The first kappa shape index (κ1) is 12.2. The fourth-order valence-corrected chi connectivity index (χ4v) is 2.65. The van der Waals surface area contributed by atoms with Gasteiger partial charge in [-0.05, 0) is 44.4 Å². The maximum atomic E-state index is 9.37. The van der Waals surface area contributed by atoms with E-state index in [0.717, 1.165) is 5.82 Å². The average Bonchev–Trinajstić information content (AvgIpc) is 3.17. The lowest BCUT2D eigenvalue weighted by Gasteiger charge is -2.15. The van der Waals surface area contributed by atoms with Crippen LogP contribution in [0.3, 0.4) is 0 Å². The zero-order valence-corrected chi connectivity index (χ0v) is 11.2. The fraction of sp³-hybridized carbons (Fsp3) is 0.692. The quantitative estimate of drug-likeness (QED) is 0.861. The number of nitrogens with zero attached hydrogens (tertiary/aromatic N) is 2. The second-order valence-electron chi connectivity index (χ2n) is 5.45. The Bertz CT molecular complexity index is 456. The third-order valence-electron chi connectivity index (χ3n) is 3.54. The Morgan fingerprint density at radius 1 is 1.22 bits per heavy atom. The van der Waals surface area contributed by atoms with E-state index in [1.807, 2.05) is 0 Å². The summed E-state index contributed by atoms with van der Waals surface area (Å²) in [6, 6.07) is 0. The lowest BCUT2D eigenvalue weighted by Crippen LogP contribution is -2.18. The van der Waals surface area contributed by atoms with Crippen LogP contribution in [0.15, 0.2) is 0 Å². The first-order chi connectivity index (χ1) is 8.66. The van der Waals surface area contributed by atoms with E-state index >= 15 is 0 Å². The molecule has 0 bridgehead atoms. The predicted molar refractivity (Wildman–Crippen MR) is 71.2 cm³/mol. The highest BCUT2D eigenvalue weighted by molar-refractivity contribution is 6.30. The first-order valence-corrected chi connectivity index (χ1v) is 7.02. The van der Waals surface area contributed by atoms with E-state index in [2.05, 4.69) is 15.5 Å². The molecule has 3 rings (SSSR count). The van der Waals surface area contributed by atoms with Crippen molar-refractivity contribution in [2.45, 2.75) is 50.5 Å². The molecule has 0 unspecified atom stereocenters. The molecule has 0 saturated heterocycles. The molecule has 2 fully saturated rings. The van der Waals surface area contributed by atoms with Crippen molar-refractivity contribution in [1.29, 1.82) is 0 Å². The molecular weight excluding hydrogens is 250 g/mol. The predicted octanol–water partition coefficient (Wildman–Crippen LogP) is 2.68. The zero-order chi connectivity index (χ0) is 12.7. The van der Waals surface area contributed by atoms with Crippen molar-refractivity contribution in [3.8, 4) is 0 Å². The van der Waals surface area contributed by atoms with Gasteiger partial charge in [0, 0.05) is 17.7 Å². The number of halogens is 1. The van der Waals surface area contributed by atoms with Gasteiger partial charge in [0.1, 0.15) is 0 Å². The van der Waals surface area contributed by atoms with Crippen molar-refractivity contribution < 1.29 is 5.11 Å². The molecule has 1 aromatic rings. The number of aromatic nitrogens is 2. The Morgan fingerprint density at radius 2 is 1.83 bits per heavy atom. The van der Waals surface area contributed by atoms with Crippen LogP contribution in [0.2, 0.25) is 5.15 Å². The van der Waals surface area contributed by atoms with Crippen molar-refractivity contribution in [2.24, 2.45) is 0 Å². The van der Waals surface area contributed by atoms with Crippen molar-refractivity contribution in [3.63, 3.8) is 0 Å². The maximum absolute atomic E-state index is 9.37. The molecule has 1 aromatic heterocycles. The molecule has 2 aliphatic carbocycles. The van der Waals surface area contributed by atoms with E-state index < -0.39 is 0 Å². The van der Waals surface area contributed by atoms with Gasteiger partial charge >= 0.3 is 0 Å². The third-order valence-corrected chi connectivity index (χ3v) is 3.82. The van der Waals surface area contributed by atoms with Gasteiger partial charge in [-0.15, -0.1) is 10.2 Å². The fourth-order valence-electron chi connectivity index (χ4n) is 2.36. The molecular formula is C13H18ClN3O. The minimum absolute atomic E-state index is 0.390. The normalized spacial score (nSPS) is 20.8. The molecule has 5 heteroatoms. The van der Waals surface area contributed by atoms with Crippen LogP contribution in [0, 0.1) is 0 Å². The molecule has 2 N–H and O–H groups in total. The lowest BCUT2D eigenvalue weighted by molar-refractivity contribution is 0.208. The molecule has 1 heterocycles. The Kier molecular flexibility index (Phi) is 3.16. The first-order valence-electron chi connectivity index (χ1n) is 6.64. The van der Waals surface area contributed by atoms with Crippen LogP contribution in [-0.2, 0) is 0 Å². The van der Waals surface area contributed by atoms with Gasteiger partial charge in [0.05, 0.1) is 6.10 Å². The molecule has 0 amide bonds. The van der Waals surface area contributed by atoms with Gasteiger partial charge in [0.2, 0.25) is 0 Å². The van der Waals surface area contributed by atoms with Crippen LogP contribution in [0.4, 0.5) is 5.82 Å². The molecule has 0 aromatic carbocycles. The molecule has 0 radical (unpaired) electrons. The Labute approximate surface area is 112 Å². The van der Waals surface area contributed by atoms with Gasteiger partial charge in [0.15, 0.2) is 11.0 Å². The second kappa shape index (κ2) is 4.67. The van der Waals surface area contributed by atoms with Gasteiger partial charge in [-0.2, -0.15) is 0 Å².